The minimum absolute atomic E-state index is 0.0701. The molecular weight excluding hydrogens is 529 g/mol. The number of halogens is 1. The minimum atomic E-state index is -3.99. The van der Waals surface area contributed by atoms with Crippen molar-refractivity contribution < 1.29 is 26.0 Å². The molecule has 0 spiro atoms. The predicted molar refractivity (Wildman–Crippen MR) is 143 cm³/mol. The molecule has 0 aliphatic carbocycles. The van der Waals surface area contributed by atoms with E-state index in [2.05, 4.69) is 10.0 Å². The molecule has 1 heterocycles. The van der Waals surface area contributed by atoms with Crippen molar-refractivity contribution in [2.45, 2.75) is 16.7 Å². The lowest BCUT2D eigenvalue weighted by molar-refractivity contribution is -0.114. The van der Waals surface area contributed by atoms with Crippen LogP contribution in [0.1, 0.15) is 5.56 Å². The number of sulfonamides is 2. The molecule has 1 amide bonds. The normalized spacial score (nSPS) is 13.8. The molecule has 194 valence electrons. The highest BCUT2D eigenvalue weighted by atomic mass is 32.2. The Balaban J connectivity index is 1.34. The topological polar surface area (TPSA) is 113 Å². The molecule has 1 aliphatic heterocycles. The lowest BCUT2D eigenvalue weighted by Crippen LogP contribution is -2.40. The van der Waals surface area contributed by atoms with Crippen LogP contribution in [0.4, 0.5) is 21.5 Å². The van der Waals surface area contributed by atoms with Gasteiger partial charge < -0.3 is 5.32 Å². The first-order chi connectivity index (χ1) is 18.0. The molecule has 0 unspecified atom stereocenters. The van der Waals surface area contributed by atoms with Crippen molar-refractivity contribution in [3.63, 3.8) is 0 Å². The van der Waals surface area contributed by atoms with Gasteiger partial charge in [-0.05, 0) is 73.7 Å². The molecule has 0 fully saturated rings. The Morgan fingerprint density at radius 2 is 1.53 bits per heavy atom. The fraction of sp³-hybridized carbons (Fsp3) is 0.0741. The van der Waals surface area contributed by atoms with Gasteiger partial charge >= 0.3 is 0 Å². The molecule has 4 aromatic carbocycles. The number of benzene rings is 4. The van der Waals surface area contributed by atoms with Crippen LogP contribution in [0.15, 0.2) is 101 Å². The van der Waals surface area contributed by atoms with E-state index in [4.69, 9.17) is 0 Å². The second-order valence-corrected chi connectivity index (χ2v) is 12.2. The summed E-state index contributed by atoms with van der Waals surface area (Å²) in [7, 11) is -7.94. The van der Waals surface area contributed by atoms with Crippen molar-refractivity contribution in [2.24, 2.45) is 0 Å². The fourth-order valence-electron chi connectivity index (χ4n) is 4.20. The number of hydrogen-bond acceptors (Lipinski definition) is 5. The summed E-state index contributed by atoms with van der Waals surface area (Å²) in [6.45, 7) is 1.43. The van der Waals surface area contributed by atoms with E-state index in [-0.39, 0.29) is 21.2 Å². The first kappa shape index (κ1) is 25.4. The van der Waals surface area contributed by atoms with Crippen LogP contribution < -0.4 is 14.3 Å². The number of carbonyl (C=O) groups is 1. The largest absolute Gasteiger partial charge is 0.325 e. The van der Waals surface area contributed by atoms with E-state index in [1.54, 1.807) is 30.3 Å². The molecular formula is C27H22FN3O5S2. The van der Waals surface area contributed by atoms with E-state index >= 15 is 0 Å². The van der Waals surface area contributed by atoms with E-state index in [0.29, 0.717) is 16.8 Å². The van der Waals surface area contributed by atoms with Gasteiger partial charge in [0.05, 0.1) is 15.5 Å². The molecule has 8 nitrogen and oxygen atoms in total. The van der Waals surface area contributed by atoms with Crippen LogP contribution in [-0.4, -0.2) is 29.3 Å². The Labute approximate surface area is 219 Å². The van der Waals surface area contributed by atoms with Gasteiger partial charge in [0.25, 0.3) is 20.0 Å². The highest BCUT2D eigenvalue weighted by molar-refractivity contribution is 7.93. The number of anilines is 3. The summed E-state index contributed by atoms with van der Waals surface area (Å²) in [5.41, 5.74) is 3.13. The van der Waals surface area contributed by atoms with Crippen LogP contribution in [0.25, 0.3) is 11.1 Å². The zero-order valence-corrected chi connectivity index (χ0v) is 21.7. The molecule has 0 radical (unpaired) electrons. The monoisotopic (exact) mass is 551 g/mol. The minimum Gasteiger partial charge on any atom is -0.325 e. The highest BCUT2D eigenvalue weighted by Crippen LogP contribution is 2.43. The molecule has 5 rings (SSSR count). The smallest absolute Gasteiger partial charge is 0.265 e. The average molecular weight is 552 g/mol. The van der Waals surface area contributed by atoms with Crippen LogP contribution in [0, 0.1) is 12.7 Å². The number of rotatable bonds is 6. The van der Waals surface area contributed by atoms with Gasteiger partial charge in [0, 0.05) is 22.5 Å². The third-order valence-corrected chi connectivity index (χ3v) is 9.21. The molecule has 0 saturated carbocycles. The van der Waals surface area contributed by atoms with Gasteiger partial charge in [-0.2, -0.15) is 0 Å². The molecule has 0 saturated heterocycles. The van der Waals surface area contributed by atoms with E-state index in [9.17, 15) is 26.0 Å². The second-order valence-electron chi connectivity index (χ2n) is 8.71. The summed E-state index contributed by atoms with van der Waals surface area (Å²) < 4.78 is 68.6. The molecule has 2 N–H and O–H groups in total. The van der Waals surface area contributed by atoms with Gasteiger partial charge in [-0.25, -0.2) is 21.2 Å². The third kappa shape index (κ3) is 4.85. The maximum Gasteiger partial charge on any atom is 0.265 e. The van der Waals surface area contributed by atoms with Crippen molar-refractivity contribution in [1.29, 1.82) is 0 Å². The molecule has 1 aliphatic rings. The second kappa shape index (κ2) is 9.58. The highest BCUT2D eigenvalue weighted by Gasteiger charge is 2.35. The standard InChI is InChI=1S/C27H22FN3O5S2/c1-18-6-15-25-24(16-18)23-4-2-3-5-26(23)38(35,36)31(25)17-27(32)29-20-11-13-22(14-12-20)37(33,34)30-21-9-7-19(28)8-10-21/h2-16,30H,17H2,1H3,(H,29,32). The zero-order valence-electron chi connectivity index (χ0n) is 20.1. The molecule has 0 aromatic heterocycles. The Morgan fingerprint density at radius 3 is 2.24 bits per heavy atom. The number of hydrogen-bond donors (Lipinski definition) is 2. The van der Waals surface area contributed by atoms with Crippen LogP contribution in [0.3, 0.4) is 0 Å². The van der Waals surface area contributed by atoms with Crippen LogP contribution >= 0.6 is 0 Å². The maximum absolute atomic E-state index is 13.4. The summed E-state index contributed by atoms with van der Waals surface area (Å²) in [5, 5.41) is 2.63. The molecule has 0 bridgehead atoms. The quantitative estimate of drug-likeness (QED) is 0.359. The lowest BCUT2D eigenvalue weighted by atomic mass is 10.0. The van der Waals surface area contributed by atoms with Crippen molar-refractivity contribution in [2.75, 3.05) is 20.9 Å². The number of carbonyl (C=O) groups excluding carboxylic acids is 1. The number of fused-ring (bicyclic) bond motifs is 3. The maximum atomic E-state index is 13.4. The number of aryl methyl sites for hydroxylation is 1. The van der Waals surface area contributed by atoms with Crippen LogP contribution in [-0.2, 0) is 24.8 Å². The van der Waals surface area contributed by atoms with Gasteiger partial charge in [-0.3, -0.25) is 13.8 Å². The summed E-state index contributed by atoms with van der Waals surface area (Å²) in [6, 6.07) is 22.3. The third-order valence-electron chi connectivity index (χ3n) is 6.00. The fourth-order valence-corrected chi connectivity index (χ4v) is 6.90. The predicted octanol–water partition coefficient (Wildman–Crippen LogP) is 4.75. The first-order valence-corrected chi connectivity index (χ1v) is 14.4. The summed E-state index contributed by atoms with van der Waals surface area (Å²) in [4.78, 5) is 13.0. The van der Waals surface area contributed by atoms with Crippen LogP contribution in [0.5, 0.6) is 0 Å². The van der Waals surface area contributed by atoms with E-state index in [0.717, 1.165) is 22.0 Å². The Bertz CT molecular complexity index is 1760. The number of nitrogens with zero attached hydrogens (tertiary/aromatic N) is 1. The molecule has 4 aromatic rings. The SMILES string of the molecule is Cc1ccc2c(c1)-c1ccccc1S(=O)(=O)N2CC(=O)Nc1ccc(S(=O)(=O)Nc2ccc(F)cc2)cc1. The Kier molecular flexibility index (Phi) is 6.41. The van der Waals surface area contributed by atoms with Gasteiger partial charge in [0.1, 0.15) is 12.4 Å². The number of amides is 1. The Hall–Kier alpha value is -4.22. The van der Waals surface area contributed by atoms with Gasteiger partial charge in [-0.15, -0.1) is 0 Å². The van der Waals surface area contributed by atoms with Crippen LogP contribution in [0.2, 0.25) is 0 Å². The summed E-state index contributed by atoms with van der Waals surface area (Å²) in [5.74, 6) is -1.09. The van der Waals surface area contributed by atoms with Crippen molar-refractivity contribution in [3.8, 4) is 11.1 Å². The summed E-state index contributed by atoms with van der Waals surface area (Å²) >= 11 is 0. The number of nitrogens with one attached hydrogen (secondary N) is 2. The van der Waals surface area contributed by atoms with E-state index < -0.39 is 38.3 Å². The summed E-state index contributed by atoms with van der Waals surface area (Å²) in [6.07, 6.45) is 0. The van der Waals surface area contributed by atoms with Crippen molar-refractivity contribution >= 4 is 43.0 Å². The lowest BCUT2D eigenvalue weighted by Gasteiger charge is -2.31. The first-order valence-electron chi connectivity index (χ1n) is 11.5. The molecule has 11 heteroatoms. The Morgan fingerprint density at radius 1 is 0.868 bits per heavy atom. The van der Waals surface area contributed by atoms with Gasteiger partial charge in [0.15, 0.2) is 0 Å². The zero-order chi connectivity index (χ0) is 27.1. The average Bonchev–Trinajstić information content (AvgIpc) is 2.88. The van der Waals surface area contributed by atoms with Crippen molar-refractivity contribution in [1.82, 2.24) is 0 Å². The van der Waals surface area contributed by atoms with Gasteiger partial charge in [-0.1, -0.05) is 29.8 Å². The molecule has 38 heavy (non-hydrogen) atoms. The van der Waals surface area contributed by atoms with E-state index in [1.165, 1.54) is 42.5 Å². The van der Waals surface area contributed by atoms with Gasteiger partial charge in [0.2, 0.25) is 5.91 Å². The van der Waals surface area contributed by atoms with Crippen molar-refractivity contribution in [3.05, 3.63) is 102 Å². The molecule has 0 atom stereocenters. The van der Waals surface area contributed by atoms with E-state index in [1.807, 2.05) is 13.0 Å².